The van der Waals surface area contributed by atoms with Crippen molar-refractivity contribution in [3.8, 4) is 5.75 Å². The Labute approximate surface area is 192 Å². The van der Waals surface area contributed by atoms with Crippen LogP contribution in [-0.2, 0) is 4.79 Å². The van der Waals surface area contributed by atoms with E-state index >= 15 is 0 Å². The number of anilines is 2. The molecule has 0 spiro atoms. The van der Waals surface area contributed by atoms with Gasteiger partial charge >= 0.3 is 0 Å². The quantitative estimate of drug-likeness (QED) is 0.391. The maximum atomic E-state index is 12.7. The van der Waals surface area contributed by atoms with Crippen molar-refractivity contribution in [2.75, 3.05) is 23.5 Å². The third kappa shape index (κ3) is 5.19. The average Bonchev–Trinajstić information content (AvgIpc) is 3.22. The van der Waals surface area contributed by atoms with Gasteiger partial charge in [0.1, 0.15) is 5.75 Å². The van der Waals surface area contributed by atoms with Crippen molar-refractivity contribution >= 4 is 52.2 Å². The molecule has 2 N–H and O–H groups in total. The van der Waals surface area contributed by atoms with Gasteiger partial charge in [0, 0.05) is 22.6 Å². The Bertz CT molecular complexity index is 1260. The highest BCUT2D eigenvalue weighted by Crippen LogP contribution is 2.20. The van der Waals surface area contributed by atoms with Crippen LogP contribution in [0.2, 0.25) is 5.02 Å². The summed E-state index contributed by atoms with van der Waals surface area (Å²) in [6.07, 6.45) is 1.65. The minimum Gasteiger partial charge on any atom is -0.497 e. The van der Waals surface area contributed by atoms with Gasteiger partial charge in [0.05, 0.1) is 18.4 Å². The molecule has 162 valence electrons. The number of carbonyl (C=O) groups excluding carboxylic acids is 2. The van der Waals surface area contributed by atoms with Gasteiger partial charge in [-0.2, -0.15) is 0 Å². The van der Waals surface area contributed by atoms with E-state index in [1.807, 2.05) is 0 Å². The van der Waals surface area contributed by atoms with Gasteiger partial charge in [0.15, 0.2) is 10.8 Å². The molecule has 0 atom stereocenters. The van der Waals surface area contributed by atoms with Crippen molar-refractivity contribution in [3.63, 3.8) is 0 Å². The molecule has 32 heavy (non-hydrogen) atoms. The van der Waals surface area contributed by atoms with Crippen LogP contribution in [0, 0.1) is 0 Å². The van der Waals surface area contributed by atoms with Gasteiger partial charge < -0.3 is 15.4 Å². The lowest BCUT2D eigenvalue weighted by Gasteiger charge is -2.07. The molecule has 2 aromatic carbocycles. The number of thioether (sulfide) groups is 1. The Morgan fingerprint density at radius 3 is 2.38 bits per heavy atom. The Balaban J connectivity index is 1.43. The molecule has 10 heteroatoms. The molecule has 2 heterocycles. The van der Waals surface area contributed by atoms with Crippen LogP contribution in [0.1, 0.15) is 10.4 Å². The van der Waals surface area contributed by atoms with E-state index < -0.39 is 0 Å². The third-order valence-corrected chi connectivity index (χ3v) is 5.64. The second-order valence-electron chi connectivity index (χ2n) is 6.65. The van der Waals surface area contributed by atoms with Crippen molar-refractivity contribution in [2.45, 2.75) is 5.16 Å². The second-order valence-corrected chi connectivity index (χ2v) is 8.03. The number of hydrogen-bond donors (Lipinski definition) is 2. The monoisotopic (exact) mass is 467 g/mol. The number of carbonyl (C=O) groups is 2. The SMILES string of the molecule is COc1ccc(NC(=O)c2ccc3nnc(SCC(=O)Nc4ccc(Cl)cc4)n3c2)cc1. The number of fused-ring (bicyclic) bond motifs is 1. The molecule has 0 aliphatic heterocycles. The Morgan fingerprint density at radius 2 is 1.66 bits per heavy atom. The molecule has 2 amide bonds. The Hall–Kier alpha value is -3.56. The van der Waals surface area contributed by atoms with Crippen LogP contribution in [0.25, 0.3) is 5.65 Å². The summed E-state index contributed by atoms with van der Waals surface area (Å²) >= 11 is 7.08. The van der Waals surface area contributed by atoms with Crippen molar-refractivity contribution in [1.82, 2.24) is 14.6 Å². The van der Waals surface area contributed by atoms with Crippen molar-refractivity contribution in [3.05, 3.63) is 77.4 Å². The molecule has 0 aliphatic rings. The molecule has 4 rings (SSSR count). The van der Waals surface area contributed by atoms with E-state index in [0.29, 0.717) is 38.5 Å². The van der Waals surface area contributed by atoms with Gasteiger partial charge in [-0.3, -0.25) is 14.0 Å². The van der Waals surface area contributed by atoms with Crippen molar-refractivity contribution < 1.29 is 14.3 Å². The highest BCUT2D eigenvalue weighted by Gasteiger charge is 2.13. The highest BCUT2D eigenvalue weighted by molar-refractivity contribution is 7.99. The van der Waals surface area contributed by atoms with Gasteiger partial charge in [0.2, 0.25) is 5.91 Å². The molecule has 0 radical (unpaired) electrons. The standard InChI is InChI=1S/C22H18ClN5O3S/c1-31-18-9-7-17(8-10-18)25-21(30)14-2-11-19-26-27-22(28(19)12-14)32-13-20(29)24-16-5-3-15(23)4-6-16/h2-12H,13H2,1H3,(H,24,29)(H,25,30). The van der Waals surface area contributed by atoms with Gasteiger partial charge in [0.25, 0.3) is 5.91 Å². The van der Waals surface area contributed by atoms with Gasteiger partial charge in [-0.25, -0.2) is 0 Å². The number of pyridine rings is 1. The van der Waals surface area contributed by atoms with Crippen molar-refractivity contribution in [2.24, 2.45) is 0 Å². The van der Waals surface area contributed by atoms with Gasteiger partial charge in [-0.15, -0.1) is 10.2 Å². The predicted octanol–water partition coefficient (Wildman–Crippen LogP) is 4.37. The molecule has 0 aliphatic carbocycles. The molecule has 0 fully saturated rings. The maximum Gasteiger partial charge on any atom is 0.257 e. The molecule has 0 unspecified atom stereocenters. The summed E-state index contributed by atoms with van der Waals surface area (Å²) in [5, 5.41) is 15.0. The first-order valence-electron chi connectivity index (χ1n) is 9.50. The van der Waals surface area contributed by atoms with E-state index in [4.69, 9.17) is 16.3 Å². The van der Waals surface area contributed by atoms with Crippen LogP contribution < -0.4 is 15.4 Å². The second kappa shape index (κ2) is 9.71. The third-order valence-electron chi connectivity index (χ3n) is 4.44. The zero-order chi connectivity index (χ0) is 22.5. The molecule has 2 aromatic heterocycles. The molecule has 0 saturated carbocycles. The molecule has 0 bridgehead atoms. The Morgan fingerprint density at radius 1 is 0.969 bits per heavy atom. The van der Waals surface area contributed by atoms with Crippen molar-refractivity contribution in [1.29, 1.82) is 0 Å². The summed E-state index contributed by atoms with van der Waals surface area (Å²) in [6.45, 7) is 0. The number of benzene rings is 2. The first-order valence-corrected chi connectivity index (χ1v) is 10.9. The minimum absolute atomic E-state index is 0.131. The smallest absolute Gasteiger partial charge is 0.257 e. The number of halogens is 1. The summed E-state index contributed by atoms with van der Waals surface area (Å²) in [6, 6.07) is 17.3. The summed E-state index contributed by atoms with van der Waals surface area (Å²) in [7, 11) is 1.58. The summed E-state index contributed by atoms with van der Waals surface area (Å²) in [4.78, 5) is 24.9. The molecule has 8 nitrogen and oxygen atoms in total. The van der Waals surface area contributed by atoms with E-state index in [2.05, 4.69) is 20.8 Å². The van der Waals surface area contributed by atoms with Crippen LogP contribution in [0.5, 0.6) is 5.75 Å². The maximum absolute atomic E-state index is 12.7. The fourth-order valence-electron chi connectivity index (χ4n) is 2.84. The van der Waals surface area contributed by atoms with Crippen LogP contribution >= 0.6 is 23.4 Å². The summed E-state index contributed by atoms with van der Waals surface area (Å²) in [5.74, 6) is 0.367. The largest absolute Gasteiger partial charge is 0.497 e. The van der Waals surface area contributed by atoms with E-state index in [-0.39, 0.29) is 17.6 Å². The fraction of sp³-hybridized carbons (Fsp3) is 0.0909. The van der Waals surface area contributed by atoms with E-state index in [0.717, 1.165) is 0 Å². The number of ether oxygens (including phenoxy) is 1. The number of amides is 2. The van der Waals surface area contributed by atoms with Crippen LogP contribution in [-0.4, -0.2) is 39.3 Å². The molecular formula is C22H18ClN5O3S. The number of methoxy groups -OCH3 is 1. The van der Waals surface area contributed by atoms with Crippen LogP contribution in [0.3, 0.4) is 0 Å². The number of rotatable bonds is 7. The average molecular weight is 468 g/mol. The normalized spacial score (nSPS) is 10.7. The van der Waals surface area contributed by atoms with E-state index in [9.17, 15) is 9.59 Å². The first kappa shape index (κ1) is 21.7. The van der Waals surface area contributed by atoms with Crippen LogP contribution in [0.15, 0.2) is 72.0 Å². The predicted molar refractivity (Wildman–Crippen MR) is 125 cm³/mol. The molecular weight excluding hydrogens is 450 g/mol. The summed E-state index contributed by atoms with van der Waals surface area (Å²) in [5.41, 5.74) is 2.31. The minimum atomic E-state index is -0.276. The van der Waals surface area contributed by atoms with Gasteiger partial charge in [-0.05, 0) is 60.7 Å². The van der Waals surface area contributed by atoms with Crippen LogP contribution in [0.4, 0.5) is 11.4 Å². The number of nitrogens with one attached hydrogen (secondary N) is 2. The molecule has 4 aromatic rings. The molecule has 0 saturated heterocycles. The lowest BCUT2D eigenvalue weighted by Crippen LogP contribution is -2.14. The fourth-order valence-corrected chi connectivity index (χ4v) is 3.68. The van der Waals surface area contributed by atoms with E-state index in [1.165, 1.54) is 11.8 Å². The topological polar surface area (TPSA) is 97.6 Å². The zero-order valence-electron chi connectivity index (χ0n) is 16.9. The Kier molecular flexibility index (Phi) is 6.58. The summed E-state index contributed by atoms with van der Waals surface area (Å²) < 4.78 is 6.81. The number of nitrogens with zero attached hydrogens (tertiary/aromatic N) is 3. The zero-order valence-corrected chi connectivity index (χ0v) is 18.5. The number of aromatic nitrogens is 3. The highest BCUT2D eigenvalue weighted by atomic mass is 35.5. The lowest BCUT2D eigenvalue weighted by molar-refractivity contribution is -0.113. The van der Waals surface area contributed by atoms with Gasteiger partial charge in [-0.1, -0.05) is 23.4 Å². The first-order chi connectivity index (χ1) is 15.5. The lowest BCUT2D eigenvalue weighted by atomic mass is 10.2. The number of hydrogen-bond acceptors (Lipinski definition) is 6. The van der Waals surface area contributed by atoms with E-state index in [1.54, 1.807) is 78.4 Å².